The van der Waals surface area contributed by atoms with E-state index in [9.17, 15) is 8.42 Å². The Morgan fingerprint density at radius 3 is 2.48 bits per heavy atom. The van der Waals surface area contributed by atoms with Gasteiger partial charge >= 0.3 is 0 Å². The summed E-state index contributed by atoms with van der Waals surface area (Å²) in [6.07, 6.45) is -0.528. The summed E-state index contributed by atoms with van der Waals surface area (Å²) >= 11 is 0. The first-order valence-corrected chi connectivity index (χ1v) is 10.1. The zero-order chi connectivity index (χ0) is 18.9. The second kappa shape index (κ2) is 7.06. The van der Waals surface area contributed by atoms with Crippen molar-refractivity contribution >= 4 is 15.7 Å². The zero-order valence-corrected chi connectivity index (χ0v) is 15.7. The summed E-state index contributed by atoms with van der Waals surface area (Å²) in [7, 11) is -2.07. The molecule has 1 atom stereocenters. The fourth-order valence-corrected chi connectivity index (χ4v) is 4.98. The van der Waals surface area contributed by atoms with Gasteiger partial charge in [-0.15, -0.1) is 0 Å². The van der Waals surface area contributed by atoms with Gasteiger partial charge in [0.05, 0.1) is 12.8 Å². The number of para-hydroxylation sites is 1. The number of ether oxygens (including phenoxy) is 1. The molecule has 1 N–H and O–H groups in total. The number of hydrogen-bond acceptors (Lipinski definition) is 4. The molecule has 1 unspecified atom stereocenters. The van der Waals surface area contributed by atoms with Crippen LogP contribution in [0.15, 0.2) is 83.8 Å². The van der Waals surface area contributed by atoms with Crippen molar-refractivity contribution in [3.63, 3.8) is 0 Å². The van der Waals surface area contributed by atoms with Crippen LogP contribution >= 0.6 is 0 Å². The van der Waals surface area contributed by atoms with Crippen molar-refractivity contribution in [1.29, 1.82) is 0 Å². The molecule has 0 saturated heterocycles. The maximum atomic E-state index is 13.4. The number of nitrogens with zero attached hydrogens (tertiary/aromatic N) is 1. The van der Waals surface area contributed by atoms with E-state index in [4.69, 9.17) is 4.74 Å². The predicted octanol–water partition coefficient (Wildman–Crippen LogP) is 4.01. The largest absolute Gasteiger partial charge is 0.497 e. The highest BCUT2D eigenvalue weighted by Gasteiger charge is 2.38. The molecule has 1 aliphatic rings. The first-order valence-electron chi connectivity index (χ1n) is 8.65. The lowest BCUT2D eigenvalue weighted by molar-refractivity contribution is 0.334. The maximum absolute atomic E-state index is 13.4. The molecule has 1 aliphatic heterocycles. The van der Waals surface area contributed by atoms with Crippen molar-refractivity contribution in [1.82, 2.24) is 4.31 Å². The Morgan fingerprint density at radius 2 is 1.70 bits per heavy atom. The Balaban J connectivity index is 1.84. The first-order chi connectivity index (χ1) is 13.1. The van der Waals surface area contributed by atoms with E-state index in [1.165, 1.54) is 4.31 Å². The number of anilines is 1. The van der Waals surface area contributed by atoms with Crippen LogP contribution < -0.4 is 10.1 Å². The van der Waals surface area contributed by atoms with Gasteiger partial charge in [-0.05, 0) is 35.4 Å². The summed E-state index contributed by atoms with van der Waals surface area (Å²) in [4.78, 5) is 0.292. The van der Waals surface area contributed by atoms with E-state index in [2.05, 4.69) is 5.32 Å². The fourth-order valence-electron chi connectivity index (χ4n) is 3.30. The quantitative estimate of drug-likeness (QED) is 0.743. The smallest absolute Gasteiger partial charge is 0.247 e. The Bertz CT molecular complexity index is 1050. The molecule has 3 aromatic carbocycles. The molecule has 0 fully saturated rings. The van der Waals surface area contributed by atoms with E-state index in [-0.39, 0.29) is 6.54 Å². The minimum absolute atomic E-state index is 0.270. The molecule has 0 aromatic heterocycles. The van der Waals surface area contributed by atoms with Crippen LogP contribution in [0.1, 0.15) is 17.3 Å². The summed E-state index contributed by atoms with van der Waals surface area (Å²) < 4.78 is 33.6. The zero-order valence-electron chi connectivity index (χ0n) is 14.9. The summed E-state index contributed by atoms with van der Waals surface area (Å²) in [5.74, 6) is 0.685. The minimum atomic E-state index is -3.67. The Morgan fingerprint density at radius 1 is 0.963 bits per heavy atom. The molecule has 6 heteroatoms. The molecule has 138 valence electrons. The number of nitrogens with one attached hydrogen (secondary N) is 1. The second-order valence-corrected chi connectivity index (χ2v) is 8.21. The number of benzene rings is 3. The maximum Gasteiger partial charge on any atom is 0.247 e. The highest BCUT2D eigenvalue weighted by Crippen LogP contribution is 2.39. The molecule has 5 nitrogen and oxygen atoms in total. The van der Waals surface area contributed by atoms with Gasteiger partial charge < -0.3 is 10.1 Å². The molecule has 1 heterocycles. The molecule has 0 aliphatic carbocycles. The van der Waals surface area contributed by atoms with Gasteiger partial charge in [-0.2, -0.15) is 4.31 Å². The predicted molar refractivity (Wildman–Crippen MR) is 105 cm³/mol. The SMILES string of the molecule is COc1cccc(C2Nc3ccccc3S(=O)(=O)N2Cc2ccccc2)c1. The van der Waals surface area contributed by atoms with E-state index in [0.29, 0.717) is 16.3 Å². The average molecular weight is 380 g/mol. The van der Waals surface area contributed by atoms with Crippen LogP contribution in [0.4, 0.5) is 5.69 Å². The van der Waals surface area contributed by atoms with Crippen LogP contribution in [0, 0.1) is 0 Å². The summed E-state index contributed by atoms with van der Waals surface area (Å²) in [5.41, 5.74) is 2.35. The van der Waals surface area contributed by atoms with Gasteiger partial charge in [-0.25, -0.2) is 8.42 Å². The molecular weight excluding hydrogens is 360 g/mol. The highest BCUT2D eigenvalue weighted by molar-refractivity contribution is 7.89. The topological polar surface area (TPSA) is 58.6 Å². The van der Waals surface area contributed by atoms with Crippen LogP contribution in [-0.4, -0.2) is 19.8 Å². The van der Waals surface area contributed by atoms with Crippen LogP contribution in [0.25, 0.3) is 0 Å². The highest BCUT2D eigenvalue weighted by atomic mass is 32.2. The Labute approximate surface area is 159 Å². The van der Waals surface area contributed by atoms with Gasteiger partial charge in [0.15, 0.2) is 0 Å². The van der Waals surface area contributed by atoms with E-state index >= 15 is 0 Å². The molecule has 0 radical (unpaired) electrons. The van der Waals surface area contributed by atoms with Crippen LogP contribution in [0.2, 0.25) is 0 Å². The lowest BCUT2D eigenvalue weighted by atomic mass is 10.1. The number of hydrogen-bond donors (Lipinski definition) is 1. The summed E-state index contributed by atoms with van der Waals surface area (Å²) in [6.45, 7) is 0.270. The number of rotatable bonds is 4. The number of sulfonamides is 1. The lowest BCUT2D eigenvalue weighted by Gasteiger charge is -2.37. The van der Waals surface area contributed by atoms with Gasteiger partial charge in [0.25, 0.3) is 0 Å². The van der Waals surface area contributed by atoms with Gasteiger partial charge in [0.1, 0.15) is 16.8 Å². The van der Waals surface area contributed by atoms with Gasteiger partial charge in [0.2, 0.25) is 10.0 Å². The molecule has 0 bridgehead atoms. The Hall–Kier alpha value is -2.83. The molecule has 27 heavy (non-hydrogen) atoms. The second-order valence-electron chi connectivity index (χ2n) is 6.36. The molecule has 4 rings (SSSR count). The lowest BCUT2D eigenvalue weighted by Crippen LogP contribution is -2.42. The normalized spacial score (nSPS) is 18.3. The van der Waals surface area contributed by atoms with Crippen molar-refractivity contribution in [2.75, 3.05) is 12.4 Å². The molecule has 0 spiro atoms. The molecule has 0 saturated carbocycles. The van der Waals surface area contributed by atoms with Gasteiger partial charge in [-0.1, -0.05) is 54.6 Å². The Kier molecular flexibility index (Phi) is 4.59. The van der Waals surface area contributed by atoms with Crippen molar-refractivity contribution in [3.05, 3.63) is 90.0 Å². The van der Waals surface area contributed by atoms with Crippen molar-refractivity contribution < 1.29 is 13.2 Å². The van der Waals surface area contributed by atoms with Crippen molar-refractivity contribution in [2.45, 2.75) is 17.6 Å². The number of fused-ring (bicyclic) bond motifs is 1. The molecule has 3 aromatic rings. The van der Waals surface area contributed by atoms with Gasteiger partial charge in [-0.3, -0.25) is 0 Å². The van der Waals surface area contributed by atoms with Gasteiger partial charge in [0, 0.05) is 6.54 Å². The van der Waals surface area contributed by atoms with Crippen molar-refractivity contribution in [2.24, 2.45) is 0 Å². The van der Waals surface area contributed by atoms with E-state index in [0.717, 1.165) is 11.1 Å². The first kappa shape index (κ1) is 17.6. The molecular formula is C21H20N2O3S. The van der Waals surface area contributed by atoms with E-state index in [1.54, 1.807) is 25.3 Å². The third-order valence-corrected chi connectivity index (χ3v) is 6.51. The monoisotopic (exact) mass is 380 g/mol. The number of methoxy groups -OCH3 is 1. The molecule has 0 amide bonds. The van der Waals surface area contributed by atoms with Crippen LogP contribution in [-0.2, 0) is 16.6 Å². The fraction of sp³-hybridized carbons (Fsp3) is 0.143. The average Bonchev–Trinajstić information content (AvgIpc) is 2.71. The van der Waals surface area contributed by atoms with E-state index < -0.39 is 16.2 Å². The van der Waals surface area contributed by atoms with Crippen molar-refractivity contribution in [3.8, 4) is 5.75 Å². The van der Waals surface area contributed by atoms with E-state index in [1.807, 2.05) is 60.7 Å². The standard InChI is InChI=1S/C21H20N2O3S/c1-26-18-11-7-10-17(14-18)21-22-19-12-5-6-13-20(19)27(24,25)23(21)15-16-8-3-2-4-9-16/h2-14,21-22H,15H2,1H3. The van der Waals surface area contributed by atoms with Crippen LogP contribution in [0.3, 0.4) is 0 Å². The third-order valence-electron chi connectivity index (χ3n) is 4.64. The van der Waals surface area contributed by atoms with Crippen LogP contribution in [0.5, 0.6) is 5.75 Å². The summed E-state index contributed by atoms with van der Waals surface area (Å²) in [6, 6.07) is 24.1. The summed E-state index contributed by atoms with van der Waals surface area (Å²) in [5, 5.41) is 3.38. The minimum Gasteiger partial charge on any atom is -0.497 e. The third kappa shape index (κ3) is 3.29.